The maximum absolute atomic E-state index is 13.0. The van der Waals surface area contributed by atoms with E-state index in [4.69, 9.17) is 4.74 Å². The van der Waals surface area contributed by atoms with Gasteiger partial charge in [-0.1, -0.05) is 13.8 Å². The van der Waals surface area contributed by atoms with Crippen molar-refractivity contribution in [1.82, 2.24) is 24.4 Å². The molecule has 2 aromatic rings. The molecule has 1 aliphatic heterocycles. The highest BCUT2D eigenvalue weighted by atomic mass is 16.5. The van der Waals surface area contributed by atoms with Crippen molar-refractivity contribution in [2.24, 2.45) is 5.92 Å². The van der Waals surface area contributed by atoms with Crippen LogP contribution in [0.5, 0.6) is 0 Å². The van der Waals surface area contributed by atoms with E-state index < -0.39 is 0 Å². The molecule has 1 aliphatic rings. The van der Waals surface area contributed by atoms with Gasteiger partial charge in [-0.2, -0.15) is 5.10 Å². The summed E-state index contributed by atoms with van der Waals surface area (Å²) in [4.78, 5) is 21.7. The van der Waals surface area contributed by atoms with Gasteiger partial charge < -0.3 is 9.64 Å². The highest BCUT2D eigenvalue weighted by molar-refractivity contribution is 5.99. The summed E-state index contributed by atoms with van der Waals surface area (Å²) in [6, 6.07) is 0. The van der Waals surface area contributed by atoms with Crippen molar-refractivity contribution >= 4 is 11.6 Å². The predicted molar refractivity (Wildman–Crippen MR) is 100 cm³/mol. The molecule has 26 heavy (non-hydrogen) atoms. The number of nitrogens with zero attached hydrogens (tertiary/aromatic N) is 5. The van der Waals surface area contributed by atoms with Gasteiger partial charge in [0.15, 0.2) is 5.65 Å². The second-order valence-electron chi connectivity index (χ2n) is 6.96. The number of aromatic nitrogens is 3. The number of hydrogen-bond acceptors (Lipinski definition) is 5. The lowest BCUT2D eigenvalue weighted by atomic mass is 9.98. The zero-order valence-electron chi connectivity index (χ0n) is 16.0. The van der Waals surface area contributed by atoms with Gasteiger partial charge in [0.05, 0.1) is 12.8 Å². The third-order valence-electron chi connectivity index (χ3n) is 5.15. The lowest BCUT2D eigenvalue weighted by molar-refractivity contribution is 0.0572. The number of fused-ring (bicyclic) bond motifs is 1. The molecule has 2 aromatic heterocycles. The molecule has 142 valence electrons. The maximum Gasteiger partial charge on any atom is 0.259 e. The molecule has 7 heteroatoms. The van der Waals surface area contributed by atoms with E-state index in [1.165, 1.54) is 0 Å². The number of piperidine rings is 1. The molecule has 1 fully saturated rings. The van der Waals surface area contributed by atoms with E-state index >= 15 is 0 Å². The second-order valence-corrected chi connectivity index (χ2v) is 6.96. The average molecular weight is 359 g/mol. The molecule has 0 spiro atoms. The van der Waals surface area contributed by atoms with Crippen LogP contribution in [0.25, 0.3) is 5.65 Å². The van der Waals surface area contributed by atoms with Gasteiger partial charge in [0.1, 0.15) is 5.56 Å². The normalized spacial score (nSPS) is 18.0. The molecule has 0 aliphatic carbocycles. The van der Waals surface area contributed by atoms with Crippen molar-refractivity contribution in [1.29, 1.82) is 0 Å². The smallest absolute Gasteiger partial charge is 0.259 e. The number of hydrogen-bond donors (Lipinski definition) is 0. The van der Waals surface area contributed by atoms with Crippen LogP contribution in [0, 0.1) is 5.92 Å². The van der Waals surface area contributed by atoms with Crippen LogP contribution < -0.4 is 0 Å². The summed E-state index contributed by atoms with van der Waals surface area (Å²) in [5, 5.41) is 4.37. The van der Waals surface area contributed by atoms with Crippen LogP contribution in [0.2, 0.25) is 0 Å². The number of likely N-dealkylation sites (tertiary alicyclic amines) is 1. The molecular weight excluding hydrogens is 330 g/mol. The minimum Gasteiger partial charge on any atom is -0.384 e. The molecule has 3 heterocycles. The quantitative estimate of drug-likeness (QED) is 0.757. The number of ether oxygens (including phenoxy) is 1. The number of carbonyl (C=O) groups excluding carboxylic acids is 1. The molecule has 1 amide bonds. The zero-order valence-corrected chi connectivity index (χ0v) is 16.0. The topological polar surface area (TPSA) is 63.0 Å². The summed E-state index contributed by atoms with van der Waals surface area (Å²) < 4.78 is 6.99. The molecular formula is C19H29N5O2. The number of amides is 1. The fourth-order valence-electron chi connectivity index (χ4n) is 3.64. The Morgan fingerprint density at radius 1 is 1.35 bits per heavy atom. The fraction of sp³-hybridized carbons (Fsp3) is 0.632. The average Bonchev–Trinajstić information content (AvgIpc) is 3.09. The van der Waals surface area contributed by atoms with Gasteiger partial charge in [-0.25, -0.2) is 9.50 Å². The molecule has 0 radical (unpaired) electrons. The molecule has 3 rings (SSSR count). The first-order valence-electron chi connectivity index (χ1n) is 9.49. The number of methoxy groups -OCH3 is 1. The van der Waals surface area contributed by atoms with Gasteiger partial charge in [0, 0.05) is 44.7 Å². The monoisotopic (exact) mass is 359 g/mol. The van der Waals surface area contributed by atoms with Gasteiger partial charge in [-0.3, -0.25) is 9.69 Å². The molecule has 0 unspecified atom stereocenters. The standard InChI is InChI=1S/C19H29N5O2/c1-4-22(5-2)11-16-9-20-18-17(10-21-24(18)13-16)19(25)23-8-6-7-15(12-23)14-26-3/h9-10,13,15H,4-8,11-12,14H2,1-3H3/t15-/m0/s1. The highest BCUT2D eigenvalue weighted by Crippen LogP contribution is 2.20. The number of carbonyl (C=O) groups is 1. The van der Waals surface area contributed by atoms with Crippen molar-refractivity contribution in [2.45, 2.75) is 33.2 Å². The summed E-state index contributed by atoms with van der Waals surface area (Å²) in [5.74, 6) is 0.429. The predicted octanol–water partition coefficient (Wildman–Crippen LogP) is 2.07. The van der Waals surface area contributed by atoms with E-state index in [0.717, 1.165) is 51.1 Å². The maximum atomic E-state index is 13.0. The Balaban J connectivity index is 1.77. The summed E-state index contributed by atoms with van der Waals surface area (Å²) >= 11 is 0. The van der Waals surface area contributed by atoms with Crippen LogP contribution in [-0.2, 0) is 11.3 Å². The molecule has 0 bridgehead atoms. The van der Waals surface area contributed by atoms with Crippen molar-refractivity contribution in [3.8, 4) is 0 Å². The largest absolute Gasteiger partial charge is 0.384 e. The lowest BCUT2D eigenvalue weighted by Gasteiger charge is -2.32. The van der Waals surface area contributed by atoms with Crippen LogP contribution in [0.3, 0.4) is 0 Å². The molecule has 1 atom stereocenters. The van der Waals surface area contributed by atoms with Gasteiger partial charge in [-0.15, -0.1) is 0 Å². The molecule has 0 aromatic carbocycles. The summed E-state index contributed by atoms with van der Waals surface area (Å²) in [5.41, 5.74) is 2.31. The lowest BCUT2D eigenvalue weighted by Crippen LogP contribution is -2.41. The summed E-state index contributed by atoms with van der Waals surface area (Å²) in [7, 11) is 1.71. The van der Waals surface area contributed by atoms with E-state index in [-0.39, 0.29) is 5.91 Å². The first kappa shape index (κ1) is 18.8. The van der Waals surface area contributed by atoms with Crippen LogP contribution in [0.1, 0.15) is 42.6 Å². The van der Waals surface area contributed by atoms with Gasteiger partial charge in [0.25, 0.3) is 5.91 Å². The van der Waals surface area contributed by atoms with Crippen LogP contribution >= 0.6 is 0 Å². The molecule has 7 nitrogen and oxygen atoms in total. The minimum atomic E-state index is 0.0183. The van der Waals surface area contributed by atoms with Gasteiger partial charge in [-0.05, 0) is 31.8 Å². The third kappa shape index (κ3) is 4.04. The van der Waals surface area contributed by atoms with E-state index in [2.05, 4.69) is 28.8 Å². The Kier molecular flexibility index (Phi) is 6.21. The Morgan fingerprint density at radius 3 is 2.88 bits per heavy atom. The van der Waals surface area contributed by atoms with Crippen molar-refractivity contribution in [2.75, 3.05) is 39.9 Å². The zero-order chi connectivity index (χ0) is 18.5. The van der Waals surface area contributed by atoms with E-state index in [1.807, 2.05) is 17.3 Å². The van der Waals surface area contributed by atoms with Crippen molar-refractivity contribution in [3.63, 3.8) is 0 Å². The minimum absolute atomic E-state index is 0.0183. The van der Waals surface area contributed by atoms with Crippen LogP contribution in [0.15, 0.2) is 18.6 Å². The summed E-state index contributed by atoms with van der Waals surface area (Å²) in [6.07, 6.45) is 7.60. The Bertz CT molecular complexity index is 739. The Hall–Kier alpha value is -1.99. The van der Waals surface area contributed by atoms with Gasteiger partial charge in [0.2, 0.25) is 0 Å². The Morgan fingerprint density at radius 2 is 2.15 bits per heavy atom. The molecule has 0 N–H and O–H groups in total. The van der Waals surface area contributed by atoms with E-state index in [9.17, 15) is 4.79 Å². The summed E-state index contributed by atoms with van der Waals surface area (Å²) in [6.45, 7) is 9.35. The second kappa shape index (κ2) is 8.60. The first-order valence-corrected chi connectivity index (χ1v) is 9.49. The van der Waals surface area contributed by atoms with E-state index in [0.29, 0.717) is 23.7 Å². The van der Waals surface area contributed by atoms with Crippen molar-refractivity contribution < 1.29 is 9.53 Å². The molecule has 1 saturated heterocycles. The van der Waals surface area contributed by atoms with Crippen LogP contribution in [-0.4, -0.2) is 70.2 Å². The fourth-order valence-corrected chi connectivity index (χ4v) is 3.64. The third-order valence-corrected chi connectivity index (χ3v) is 5.15. The number of rotatable bonds is 7. The SMILES string of the molecule is CCN(CC)Cc1cnc2c(C(=O)N3CCC[C@H](COC)C3)cnn2c1. The van der Waals surface area contributed by atoms with Crippen molar-refractivity contribution in [3.05, 3.63) is 29.7 Å². The van der Waals surface area contributed by atoms with Crippen LogP contribution in [0.4, 0.5) is 0 Å². The Labute approximate surface area is 154 Å². The first-order chi connectivity index (χ1) is 12.7. The molecule has 0 saturated carbocycles. The highest BCUT2D eigenvalue weighted by Gasteiger charge is 2.26. The van der Waals surface area contributed by atoms with Gasteiger partial charge >= 0.3 is 0 Å². The van der Waals surface area contributed by atoms with E-state index in [1.54, 1.807) is 17.8 Å².